The normalized spacial score (nSPS) is 16.5. The van der Waals surface area contributed by atoms with Gasteiger partial charge in [0.25, 0.3) is 0 Å². The molecule has 0 spiro atoms. The first kappa shape index (κ1) is 27.7. The van der Waals surface area contributed by atoms with Gasteiger partial charge in [-0.3, -0.25) is 0 Å². The molecule has 0 aliphatic rings. The summed E-state index contributed by atoms with van der Waals surface area (Å²) in [6.07, 6.45) is 6.15. The van der Waals surface area contributed by atoms with Gasteiger partial charge in [0.2, 0.25) is 0 Å². The molecule has 6 N–H and O–H groups in total. The molecule has 168 valence electrons. The van der Waals surface area contributed by atoms with Gasteiger partial charge in [0.15, 0.2) is 0 Å². The summed E-state index contributed by atoms with van der Waals surface area (Å²) in [5.41, 5.74) is -5.95. The summed E-state index contributed by atoms with van der Waals surface area (Å²) in [5, 5.41) is 61.6. The van der Waals surface area contributed by atoms with E-state index in [9.17, 15) is 30.6 Å². The van der Waals surface area contributed by atoms with E-state index in [1.807, 2.05) is 0 Å². The fourth-order valence-electron chi connectivity index (χ4n) is 3.96. The zero-order valence-corrected chi connectivity index (χ0v) is 17.3. The molecule has 7 heteroatoms. The highest BCUT2D eigenvalue weighted by atomic mass is 16.6. The molecule has 0 aromatic carbocycles. The number of allylic oxidation sites excluding steroid dienone is 2. The highest BCUT2D eigenvalue weighted by Crippen LogP contribution is 2.49. The molecule has 0 saturated heterocycles. The van der Waals surface area contributed by atoms with Gasteiger partial charge in [-0.2, -0.15) is 0 Å². The van der Waals surface area contributed by atoms with E-state index < -0.39 is 61.7 Å². The summed E-state index contributed by atoms with van der Waals surface area (Å²) in [6.45, 7) is 11.3. The minimum Gasteiger partial charge on any atom is -0.396 e. The number of rotatable bonds is 18. The van der Waals surface area contributed by atoms with Crippen LogP contribution in [0.1, 0.15) is 25.7 Å². The summed E-state index contributed by atoms with van der Waals surface area (Å²) < 4.78 is 6.43. The van der Waals surface area contributed by atoms with Crippen molar-refractivity contribution in [3.63, 3.8) is 0 Å². The maximum atomic E-state index is 10.4. The Morgan fingerprint density at radius 1 is 0.483 bits per heavy atom. The van der Waals surface area contributed by atoms with Crippen LogP contribution in [0.2, 0.25) is 0 Å². The van der Waals surface area contributed by atoms with E-state index in [0.717, 1.165) is 0 Å². The molecular formula is C22H38O7. The smallest absolute Gasteiger partial charge is 0.106 e. The van der Waals surface area contributed by atoms with Gasteiger partial charge in [-0.15, -0.1) is 26.3 Å². The van der Waals surface area contributed by atoms with Crippen molar-refractivity contribution in [1.82, 2.24) is 0 Å². The fraction of sp³-hybridized carbons (Fsp3) is 0.636. The van der Waals surface area contributed by atoms with Gasteiger partial charge in [-0.25, -0.2) is 0 Å². The molecule has 0 heterocycles. The lowest BCUT2D eigenvalue weighted by Gasteiger charge is -2.56. The van der Waals surface area contributed by atoms with Gasteiger partial charge in [0.05, 0.1) is 50.5 Å². The standard InChI is InChI=1S/C22H38O7/c1-5-9-19(13-23,14-24)21(17-27,11-7-3)29-22(18-28,12-8-4)20(15-25,16-26)10-6-2/h5-8,23-28H,1-4,9-18H2. The Morgan fingerprint density at radius 2 is 0.759 bits per heavy atom. The van der Waals surface area contributed by atoms with Crippen LogP contribution in [0.5, 0.6) is 0 Å². The zero-order valence-electron chi connectivity index (χ0n) is 17.3. The lowest BCUT2D eigenvalue weighted by Crippen LogP contribution is -2.66. The Balaban J connectivity index is 6.91. The number of hydrogen-bond acceptors (Lipinski definition) is 7. The third kappa shape index (κ3) is 5.06. The van der Waals surface area contributed by atoms with E-state index in [1.165, 1.54) is 24.3 Å². The average molecular weight is 415 g/mol. The molecule has 0 aromatic heterocycles. The van der Waals surface area contributed by atoms with Crippen molar-refractivity contribution in [1.29, 1.82) is 0 Å². The molecule has 0 fully saturated rings. The molecule has 0 aliphatic carbocycles. The molecule has 0 aromatic rings. The van der Waals surface area contributed by atoms with Gasteiger partial charge < -0.3 is 35.4 Å². The minimum atomic E-state index is -1.60. The van der Waals surface area contributed by atoms with E-state index in [0.29, 0.717) is 0 Å². The molecule has 2 unspecified atom stereocenters. The maximum absolute atomic E-state index is 10.4. The van der Waals surface area contributed by atoms with Crippen LogP contribution in [0.15, 0.2) is 50.6 Å². The van der Waals surface area contributed by atoms with Crippen LogP contribution >= 0.6 is 0 Å². The van der Waals surface area contributed by atoms with E-state index >= 15 is 0 Å². The first-order valence-corrected chi connectivity index (χ1v) is 9.61. The summed E-state index contributed by atoms with van der Waals surface area (Å²) in [4.78, 5) is 0. The molecule has 29 heavy (non-hydrogen) atoms. The Hall–Kier alpha value is -1.32. The molecule has 0 radical (unpaired) electrons. The highest BCUT2D eigenvalue weighted by molar-refractivity contribution is 5.12. The Bertz CT molecular complexity index is 479. The second-order valence-corrected chi connectivity index (χ2v) is 7.57. The van der Waals surface area contributed by atoms with Crippen molar-refractivity contribution in [3.8, 4) is 0 Å². The fourth-order valence-corrected chi connectivity index (χ4v) is 3.96. The van der Waals surface area contributed by atoms with Gasteiger partial charge in [-0.05, 0) is 25.7 Å². The summed E-state index contributed by atoms with van der Waals surface area (Å²) in [6, 6.07) is 0. The van der Waals surface area contributed by atoms with Crippen LogP contribution in [0.3, 0.4) is 0 Å². The third-order valence-electron chi connectivity index (χ3n) is 6.06. The average Bonchev–Trinajstić information content (AvgIpc) is 2.75. The number of aliphatic hydroxyl groups is 6. The van der Waals surface area contributed by atoms with E-state index in [1.54, 1.807) is 0 Å². The second-order valence-electron chi connectivity index (χ2n) is 7.57. The van der Waals surface area contributed by atoms with Crippen LogP contribution in [0.25, 0.3) is 0 Å². The van der Waals surface area contributed by atoms with E-state index in [4.69, 9.17) is 4.74 Å². The molecule has 0 saturated carbocycles. The molecule has 0 aliphatic heterocycles. The van der Waals surface area contributed by atoms with E-state index in [2.05, 4.69) is 26.3 Å². The third-order valence-corrected chi connectivity index (χ3v) is 6.06. The van der Waals surface area contributed by atoms with Gasteiger partial charge in [0.1, 0.15) is 11.2 Å². The van der Waals surface area contributed by atoms with Crippen molar-refractivity contribution >= 4 is 0 Å². The van der Waals surface area contributed by atoms with Gasteiger partial charge in [0, 0.05) is 0 Å². The largest absolute Gasteiger partial charge is 0.396 e. The molecule has 7 nitrogen and oxygen atoms in total. The Kier molecular flexibility index (Phi) is 11.8. The molecule has 2 atom stereocenters. The Labute approximate surface area is 174 Å². The predicted molar refractivity (Wildman–Crippen MR) is 113 cm³/mol. The lowest BCUT2D eigenvalue weighted by atomic mass is 9.65. The SMILES string of the molecule is C=CCC(CO)(CO)C(CO)(CC=C)OC(CO)(CC=C)C(CO)(CO)CC=C. The van der Waals surface area contributed by atoms with Crippen LogP contribution < -0.4 is 0 Å². The van der Waals surface area contributed by atoms with Crippen molar-refractivity contribution in [2.24, 2.45) is 10.8 Å². The summed E-state index contributed by atoms with van der Waals surface area (Å²) >= 11 is 0. The molecule has 0 amide bonds. The molecular weight excluding hydrogens is 376 g/mol. The number of aliphatic hydroxyl groups excluding tert-OH is 6. The van der Waals surface area contributed by atoms with E-state index in [-0.39, 0.29) is 25.7 Å². The number of ether oxygens (including phenoxy) is 1. The van der Waals surface area contributed by atoms with Crippen LogP contribution in [-0.4, -0.2) is 81.5 Å². The van der Waals surface area contributed by atoms with Crippen molar-refractivity contribution in [2.75, 3.05) is 39.6 Å². The van der Waals surface area contributed by atoms with Crippen LogP contribution in [0.4, 0.5) is 0 Å². The monoisotopic (exact) mass is 414 g/mol. The maximum Gasteiger partial charge on any atom is 0.106 e. The van der Waals surface area contributed by atoms with Crippen molar-refractivity contribution in [2.45, 2.75) is 36.9 Å². The Morgan fingerprint density at radius 3 is 0.931 bits per heavy atom. The van der Waals surface area contributed by atoms with Crippen molar-refractivity contribution < 1.29 is 35.4 Å². The molecule has 0 bridgehead atoms. The highest BCUT2D eigenvalue weighted by Gasteiger charge is 2.59. The topological polar surface area (TPSA) is 131 Å². The number of hydrogen-bond donors (Lipinski definition) is 6. The zero-order chi connectivity index (χ0) is 22.6. The van der Waals surface area contributed by atoms with Crippen LogP contribution in [-0.2, 0) is 4.74 Å². The first-order valence-electron chi connectivity index (χ1n) is 9.61. The van der Waals surface area contributed by atoms with Gasteiger partial charge >= 0.3 is 0 Å². The predicted octanol–water partition coefficient (Wildman–Crippen LogP) is 0.712. The second kappa shape index (κ2) is 12.4. The molecule has 0 rings (SSSR count). The quantitative estimate of drug-likeness (QED) is 0.182. The minimum absolute atomic E-state index is 0.0123. The van der Waals surface area contributed by atoms with Crippen molar-refractivity contribution in [3.05, 3.63) is 50.6 Å². The lowest BCUT2D eigenvalue weighted by molar-refractivity contribution is -0.292. The summed E-state index contributed by atoms with van der Waals surface area (Å²) in [5.74, 6) is 0. The van der Waals surface area contributed by atoms with Crippen LogP contribution in [0, 0.1) is 10.8 Å². The van der Waals surface area contributed by atoms with Gasteiger partial charge in [-0.1, -0.05) is 24.3 Å². The summed E-state index contributed by atoms with van der Waals surface area (Å²) in [7, 11) is 0. The first-order chi connectivity index (χ1) is 13.8.